The Morgan fingerprint density at radius 1 is 0.951 bits per heavy atom. The lowest BCUT2D eigenvalue weighted by Gasteiger charge is -2.33. The van der Waals surface area contributed by atoms with Crippen LogP contribution in [0.15, 0.2) is 73.4 Å². The Bertz CT molecular complexity index is 1520. The van der Waals surface area contributed by atoms with Gasteiger partial charge in [0.1, 0.15) is 12.1 Å². The van der Waals surface area contributed by atoms with Gasteiger partial charge in [-0.25, -0.2) is 15.0 Å². The van der Waals surface area contributed by atoms with Gasteiger partial charge in [0.2, 0.25) is 0 Å². The van der Waals surface area contributed by atoms with Crippen LogP contribution in [0.5, 0.6) is 0 Å². The van der Waals surface area contributed by atoms with Crippen molar-refractivity contribution in [2.75, 3.05) is 43.9 Å². The van der Waals surface area contributed by atoms with Crippen LogP contribution < -0.4 is 10.6 Å². The van der Waals surface area contributed by atoms with E-state index in [4.69, 9.17) is 0 Å². The highest BCUT2D eigenvalue weighted by molar-refractivity contribution is 6.05. The molecule has 8 nitrogen and oxygen atoms in total. The molecule has 0 saturated carbocycles. The summed E-state index contributed by atoms with van der Waals surface area (Å²) in [7, 11) is 2.00. The maximum Gasteiger partial charge on any atom is 0.416 e. The molecule has 212 valence electrons. The summed E-state index contributed by atoms with van der Waals surface area (Å²) in [6.07, 6.45) is 1.97. The third-order valence-corrected chi connectivity index (χ3v) is 7.08. The van der Waals surface area contributed by atoms with E-state index < -0.39 is 17.6 Å². The van der Waals surface area contributed by atoms with Crippen LogP contribution in [0.1, 0.15) is 27.0 Å². The second-order valence-corrected chi connectivity index (χ2v) is 10.1. The lowest BCUT2D eigenvalue weighted by Crippen LogP contribution is -2.44. The van der Waals surface area contributed by atoms with Crippen molar-refractivity contribution in [1.82, 2.24) is 24.8 Å². The number of hydrogen-bond donors (Lipinski definition) is 2. The number of piperazine rings is 1. The van der Waals surface area contributed by atoms with Crippen LogP contribution in [0.2, 0.25) is 0 Å². The quantitative estimate of drug-likeness (QED) is 0.303. The predicted molar refractivity (Wildman–Crippen MR) is 152 cm³/mol. The monoisotopic (exact) mass is 561 g/mol. The second-order valence-electron chi connectivity index (χ2n) is 10.1. The van der Waals surface area contributed by atoms with E-state index in [1.54, 1.807) is 36.8 Å². The minimum atomic E-state index is -4.54. The molecule has 3 heterocycles. The smallest absolute Gasteiger partial charge is 0.340 e. The molecule has 1 fully saturated rings. The Labute approximate surface area is 236 Å². The Kier molecular flexibility index (Phi) is 8.27. The molecule has 0 aliphatic carbocycles. The van der Waals surface area contributed by atoms with Gasteiger partial charge in [0.05, 0.1) is 5.56 Å². The number of carbonyl (C=O) groups excluding carboxylic acids is 1. The number of anilines is 3. The first-order chi connectivity index (χ1) is 19.7. The normalized spacial score (nSPS) is 14.6. The lowest BCUT2D eigenvalue weighted by molar-refractivity contribution is -0.138. The first-order valence-corrected chi connectivity index (χ1v) is 13.2. The van der Waals surface area contributed by atoms with Crippen LogP contribution in [0, 0.1) is 6.92 Å². The van der Waals surface area contributed by atoms with Crippen LogP contribution in [0.4, 0.5) is 30.4 Å². The number of nitrogens with zero attached hydrogens (tertiary/aromatic N) is 5. The number of halogens is 3. The Morgan fingerprint density at radius 3 is 2.44 bits per heavy atom. The average Bonchev–Trinajstić information content (AvgIpc) is 2.96. The topological polar surface area (TPSA) is 86.3 Å². The third kappa shape index (κ3) is 7.05. The zero-order valence-corrected chi connectivity index (χ0v) is 22.7. The predicted octanol–water partition coefficient (Wildman–Crippen LogP) is 5.61. The van der Waals surface area contributed by atoms with Crippen molar-refractivity contribution in [3.63, 3.8) is 0 Å². The SMILES string of the molecule is Cc1ccc(C(=O)Nc2ccc(CN3CCN(C)CC3)c(C(F)(F)F)c2)cc1Nc1cc(-c2cncnc2)ccn1. The molecule has 1 amide bonds. The minimum absolute atomic E-state index is 0.0824. The molecule has 1 aliphatic heterocycles. The van der Waals surface area contributed by atoms with Crippen LogP contribution in [0.25, 0.3) is 11.1 Å². The van der Waals surface area contributed by atoms with Crippen molar-refractivity contribution in [1.29, 1.82) is 0 Å². The summed E-state index contributed by atoms with van der Waals surface area (Å²) in [5.41, 5.74) is 3.03. The number of aryl methyl sites for hydroxylation is 1. The van der Waals surface area contributed by atoms with E-state index in [-0.39, 0.29) is 17.8 Å². The van der Waals surface area contributed by atoms with Gasteiger partial charge in [0.25, 0.3) is 5.91 Å². The Morgan fingerprint density at radius 2 is 1.71 bits per heavy atom. The van der Waals surface area contributed by atoms with E-state index in [1.165, 1.54) is 18.5 Å². The van der Waals surface area contributed by atoms with E-state index in [9.17, 15) is 18.0 Å². The van der Waals surface area contributed by atoms with Crippen LogP contribution in [-0.4, -0.2) is 63.9 Å². The number of nitrogens with one attached hydrogen (secondary N) is 2. The van der Waals surface area contributed by atoms with Crippen LogP contribution >= 0.6 is 0 Å². The summed E-state index contributed by atoms with van der Waals surface area (Å²) < 4.78 is 42.0. The number of benzene rings is 2. The molecule has 41 heavy (non-hydrogen) atoms. The van der Waals surface area contributed by atoms with Crippen molar-refractivity contribution in [2.45, 2.75) is 19.6 Å². The highest BCUT2D eigenvalue weighted by atomic mass is 19.4. The Balaban J connectivity index is 1.32. The highest BCUT2D eigenvalue weighted by Gasteiger charge is 2.34. The van der Waals surface area contributed by atoms with Crippen molar-refractivity contribution in [3.05, 3.63) is 95.7 Å². The number of aromatic nitrogens is 3. The molecule has 5 rings (SSSR count). The van der Waals surface area contributed by atoms with Gasteiger partial charge in [-0.15, -0.1) is 0 Å². The number of likely N-dealkylation sites (N-methyl/N-ethyl adjacent to an activating group) is 1. The average molecular weight is 562 g/mol. The molecule has 0 radical (unpaired) electrons. The number of hydrogen-bond acceptors (Lipinski definition) is 7. The first kappa shape index (κ1) is 28.2. The molecular formula is C30H30F3N7O. The third-order valence-electron chi connectivity index (χ3n) is 7.08. The lowest BCUT2D eigenvalue weighted by atomic mass is 10.0. The van der Waals surface area contributed by atoms with Crippen molar-refractivity contribution < 1.29 is 18.0 Å². The van der Waals surface area contributed by atoms with Gasteiger partial charge in [-0.1, -0.05) is 12.1 Å². The standard InChI is InChI=1S/C30H30F3N7O/c1-20-3-4-22(13-27(20)38-28-14-21(7-8-36-28)24-16-34-19-35-17-24)29(41)37-25-6-5-23(26(15-25)30(31,32)33)18-40-11-9-39(2)10-12-40/h3-8,13-17,19H,9-12,18H2,1-2H3,(H,36,38)(H,37,41). The molecule has 0 bridgehead atoms. The van der Waals surface area contributed by atoms with Crippen molar-refractivity contribution >= 4 is 23.1 Å². The Hall–Kier alpha value is -4.35. The molecule has 11 heteroatoms. The summed E-state index contributed by atoms with van der Waals surface area (Å²) in [6, 6.07) is 12.7. The zero-order valence-electron chi connectivity index (χ0n) is 22.7. The highest BCUT2D eigenvalue weighted by Crippen LogP contribution is 2.35. The van der Waals surface area contributed by atoms with E-state index >= 15 is 0 Å². The fourth-order valence-corrected chi connectivity index (χ4v) is 4.67. The molecule has 2 aromatic carbocycles. The first-order valence-electron chi connectivity index (χ1n) is 13.2. The zero-order chi connectivity index (χ0) is 29.0. The minimum Gasteiger partial charge on any atom is -0.340 e. The molecule has 4 aromatic rings. The van der Waals surface area contributed by atoms with E-state index in [1.807, 2.05) is 31.0 Å². The molecule has 2 N–H and O–H groups in total. The number of alkyl halides is 3. The van der Waals surface area contributed by atoms with Crippen molar-refractivity contribution in [3.8, 4) is 11.1 Å². The summed E-state index contributed by atoms with van der Waals surface area (Å²) >= 11 is 0. The van der Waals surface area contributed by atoms with Crippen LogP contribution in [-0.2, 0) is 12.7 Å². The van der Waals surface area contributed by atoms with Gasteiger partial charge in [-0.05, 0) is 67.1 Å². The van der Waals surface area contributed by atoms with E-state index in [2.05, 4.69) is 30.5 Å². The van der Waals surface area contributed by atoms with E-state index in [0.29, 0.717) is 30.2 Å². The van der Waals surface area contributed by atoms with Gasteiger partial charge in [0.15, 0.2) is 0 Å². The van der Waals surface area contributed by atoms with Crippen molar-refractivity contribution in [2.24, 2.45) is 0 Å². The molecule has 2 aromatic heterocycles. The summed E-state index contributed by atoms with van der Waals surface area (Å²) in [6.45, 7) is 5.12. The maximum atomic E-state index is 14.0. The molecule has 0 atom stereocenters. The van der Waals surface area contributed by atoms with Gasteiger partial charge >= 0.3 is 6.18 Å². The number of amides is 1. The number of carbonyl (C=O) groups is 1. The van der Waals surface area contributed by atoms with Crippen LogP contribution in [0.3, 0.4) is 0 Å². The fourth-order valence-electron chi connectivity index (χ4n) is 4.67. The maximum absolute atomic E-state index is 14.0. The summed E-state index contributed by atoms with van der Waals surface area (Å²) in [4.78, 5) is 29.7. The summed E-state index contributed by atoms with van der Waals surface area (Å²) in [5.74, 6) is 0.0360. The molecule has 0 unspecified atom stereocenters. The molecule has 0 spiro atoms. The van der Waals surface area contributed by atoms with Gasteiger partial charge in [-0.3, -0.25) is 9.69 Å². The number of pyridine rings is 1. The van der Waals surface area contributed by atoms with Gasteiger partial charge in [-0.2, -0.15) is 13.2 Å². The second kappa shape index (κ2) is 12.0. The molecule has 1 aliphatic rings. The molecular weight excluding hydrogens is 531 g/mol. The fraction of sp³-hybridized carbons (Fsp3) is 0.267. The summed E-state index contributed by atoms with van der Waals surface area (Å²) in [5, 5.41) is 5.86. The van der Waals surface area contributed by atoms with E-state index in [0.717, 1.165) is 35.8 Å². The molecule has 1 saturated heterocycles. The van der Waals surface area contributed by atoms with Gasteiger partial charge in [0, 0.05) is 73.8 Å². The van der Waals surface area contributed by atoms with Gasteiger partial charge < -0.3 is 15.5 Å². The number of rotatable bonds is 7. The largest absolute Gasteiger partial charge is 0.416 e.